The Morgan fingerprint density at radius 3 is 2.95 bits per heavy atom. The standard InChI is InChI=1S/C14H19FN2OS/c1-9-3-2-4-11(7-9)19-13-6-5-10(15)8-12(13)14(16)17-18/h5-6,8-9,11,18H,2-4,7H2,1H3,(H2,16,17). The van der Waals surface area contributed by atoms with Crippen molar-refractivity contribution in [3.63, 3.8) is 0 Å². The maximum absolute atomic E-state index is 13.3. The third-order valence-electron chi connectivity index (χ3n) is 3.51. The van der Waals surface area contributed by atoms with Crippen LogP contribution in [-0.4, -0.2) is 16.3 Å². The van der Waals surface area contributed by atoms with Crippen molar-refractivity contribution < 1.29 is 9.60 Å². The summed E-state index contributed by atoms with van der Waals surface area (Å²) in [5.74, 6) is 0.327. The van der Waals surface area contributed by atoms with Crippen LogP contribution in [0.25, 0.3) is 0 Å². The van der Waals surface area contributed by atoms with E-state index in [2.05, 4.69) is 12.1 Å². The van der Waals surface area contributed by atoms with Crippen molar-refractivity contribution in [1.29, 1.82) is 0 Å². The molecular formula is C14H19FN2OS. The van der Waals surface area contributed by atoms with E-state index in [-0.39, 0.29) is 11.7 Å². The maximum Gasteiger partial charge on any atom is 0.171 e. The third kappa shape index (κ3) is 3.62. The highest BCUT2D eigenvalue weighted by Crippen LogP contribution is 2.37. The topological polar surface area (TPSA) is 58.6 Å². The first-order valence-corrected chi connectivity index (χ1v) is 7.42. The largest absolute Gasteiger partial charge is 0.409 e. The van der Waals surface area contributed by atoms with Gasteiger partial charge in [-0.1, -0.05) is 24.9 Å². The molecule has 104 valence electrons. The van der Waals surface area contributed by atoms with Crippen LogP contribution in [0.2, 0.25) is 0 Å². The number of hydrogen-bond donors (Lipinski definition) is 2. The summed E-state index contributed by atoms with van der Waals surface area (Å²) in [5, 5.41) is 12.3. The lowest BCUT2D eigenvalue weighted by Crippen LogP contribution is -2.18. The molecule has 1 aliphatic carbocycles. The van der Waals surface area contributed by atoms with Gasteiger partial charge < -0.3 is 10.9 Å². The van der Waals surface area contributed by atoms with Gasteiger partial charge in [0.15, 0.2) is 5.84 Å². The number of thioether (sulfide) groups is 1. The zero-order valence-electron chi connectivity index (χ0n) is 11.0. The summed E-state index contributed by atoms with van der Waals surface area (Å²) in [4.78, 5) is 0.885. The van der Waals surface area contributed by atoms with Crippen LogP contribution in [0.5, 0.6) is 0 Å². The monoisotopic (exact) mass is 282 g/mol. The Labute approximate surface area is 117 Å². The second kappa shape index (κ2) is 6.28. The molecule has 2 unspecified atom stereocenters. The predicted molar refractivity (Wildman–Crippen MR) is 76.2 cm³/mol. The van der Waals surface area contributed by atoms with Crippen molar-refractivity contribution >= 4 is 17.6 Å². The number of rotatable bonds is 3. The fraction of sp³-hybridized carbons (Fsp3) is 0.500. The molecule has 0 radical (unpaired) electrons. The van der Waals surface area contributed by atoms with Gasteiger partial charge in [0.25, 0.3) is 0 Å². The van der Waals surface area contributed by atoms with Gasteiger partial charge in [0.1, 0.15) is 5.82 Å². The van der Waals surface area contributed by atoms with Gasteiger partial charge in [-0.15, -0.1) is 11.8 Å². The molecule has 0 spiro atoms. The summed E-state index contributed by atoms with van der Waals surface area (Å²) in [6.07, 6.45) is 4.85. The molecule has 1 fully saturated rings. The summed E-state index contributed by atoms with van der Waals surface area (Å²) < 4.78 is 13.3. The van der Waals surface area contributed by atoms with Gasteiger partial charge in [-0.3, -0.25) is 0 Å². The van der Waals surface area contributed by atoms with Crippen molar-refractivity contribution in [3.05, 3.63) is 29.6 Å². The molecule has 3 nitrogen and oxygen atoms in total. The smallest absolute Gasteiger partial charge is 0.171 e. The molecule has 3 N–H and O–H groups in total. The minimum atomic E-state index is -0.372. The van der Waals surface area contributed by atoms with Crippen molar-refractivity contribution in [2.45, 2.75) is 42.8 Å². The number of hydrogen-bond acceptors (Lipinski definition) is 3. The third-order valence-corrected chi connectivity index (χ3v) is 4.88. The lowest BCUT2D eigenvalue weighted by Gasteiger charge is -2.26. The van der Waals surface area contributed by atoms with E-state index in [1.165, 1.54) is 31.4 Å². The van der Waals surface area contributed by atoms with E-state index in [0.717, 1.165) is 17.2 Å². The normalized spacial score (nSPS) is 24.4. The van der Waals surface area contributed by atoms with Crippen LogP contribution in [-0.2, 0) is 0 Å². The average Bonchev–Trinajstić information content (AvgIpc) is 2.40. The van der Waals surface area contributed by atoms with Crippen LogP contribution in [0.15, 0.2) is 28.3 Å². The molecule has 19 heavy (non-hydrogen) atoms. The summed E-state index contributed by atoms with van der Waals surface area (Å²) in [5.41, 5.74) is 6.09. The Morgan fingerprint density at radius 2 is 2.26 bits per heavy atom. The molecule has 5 heteroatoms. The fourth-order valence-corrected chi connectivity index (χ4v) is 4.03. The van der Waals surface area contributed by atoms with Crippen molar-refractivity contribution in [2.75, 3.05) is 0 Å². The molecule has 2 atom stereocenters. The van der Waals surface area contributed by atoms with Crippen LogP contribution in [0.3, 0.4) is 0 Å². The summed E-state index contributed by atoms with van der Waals surface area (Å²) in [7, 11) is 0. The molecule has 1 aliphatic rings. The summed E-state index contributed by atoms with van der Waals surface area (Å²) in [6, 6.07) is 4.46. The number of nitrogens with two attached hydrogens (primary N) is 1. The van der Waals surface area contributed by atoms with E-state index in [4.69, 9.17) is 10.9 Å². The van der Waals surface area contributed by atoms with Gasteiger partial charge in [0, 0.05) is 15.7 Å². The zero-order chi connectivity index (χ0) is 13.8. The molecule has 1 aromatic rings. The molecule has 0 amide bonds. The molecule has 0 heterocycles. The lowest BCUT2D eigenvalue weighted by atomic mass is 9.91. The second-order valence-corrected chi connectivity index (χ2v) is 6.48. The van der Waals surface area contributed by atoms with E-state index in [9.17, 15) is 4.39 Å². The second-order valence-electron chi connectivity index (χ2n) is 5.14. The Balaban J connectivity index is 2.19. The molecule has 1 saturated carbocycles. The van der Waals surface area contributed by atoms with Gasteiger partial charge in [0.2, 0.25) is 0 Å². The van der Waals surface area contributed by atoms with E-state index >= 15 is 0 Å². The number of nitrogens with zero attached hydrogens (tertiary/aromatic N) is 1. The number of oxime groups is 1. The Morgan fingerprint density at radius 1 is 1.47 bits per heavy atom. The number of amidine groups is 1. The molecule has 0 aliphatic heterocycles. The van der Waals surface area contributed by atoms with Crippen molar-refractivity contribution in [3.8, 4) is 0 Å². The van der Waals surface area contributed by atoms with Crippen molar-refractivity contribution in [2.24, 2.45) is 16.8 Å². The average molecular weight is 282 g/mol. The summed E-state index contributed by atoms with van der Waals surface area (Å²) >= 11 is 1.71. The Hall–Kier alpha value is -1.23. The van der Waals surface area contributed by atoms with Crippen LogP contribution in [0.4, 0.5) is 4.39 Å². The van der Waals surface area contributed by atoms with E-state index in [0.29, 0.717) is 10.8 Å². The molecule has 1 aromatic carbocycles. The fourth-order valence-electron chi connectivity index (χ4n) is 2.52. The lowest BCUT2D eigenvalue weighted by molar-refractivity contribution is 0.318. The summed E-state index contributed by atoms with van der Waals surface area (Å²) in [6.45, 7) is 2.27. The van der Waals surface area contributed by atoms with E-state index in [1.54, 1.807) is 17.8 Å². The van der Waals surface area contributed by atoms with Crippen LogP contribution in [0, 0.1) is 11.7 Å². The molecule has 0 bridgehead atoms. The van der Waals surface area contributed by atoms with Gasteiger partial charge in [-0.2, -0.15) is 0 Å². The minimum Gasteiger partial charge on any atom is -0.409 e. The highest BCUT2D eigenvalue weighted by Gasteiger charge is 2.21. The highest BCUT2D eigenvalue weighted by atomic mass is 32.2. The highest BCUT2D eigenvalue weighted by molar-refractivity contribution is 8.00. The predicted octanol–water partition coefficient (Wildman–Crippen LogP) is 3.59. The molecular weight excluding hydrogens is 263 g/mol. The number of benzene rings is 1. The quantitative estimate of drug-likeness (QED) is 0.385. The first-order valence-electron chi connectivity index (χ1n) is 6.54. The Kier molecular flexibility index (Phi) is 4.69. The molecule has 0 aromatic heterocycles. The SMILES string of the molecule is CC1CCCC(Sc2ccc(F)cc2C(N)=NO)C1. The number of halogens is 1. The van der Waals surface area contributed by atoms with Gasteiger partial charge >= 0.3 is 0 Å². The maximum atomic E-state index is 13.3. The Bertz CT molecular complexity index is 479. The van der Waals surface area contributed by atoms with E-state index in [1.807, 2.05) is 0 Å². The van der Waals surface area contributed by atoms with Gasteiger partial charge in [0.05, 0.1) is 0 Å². The first-order chi connectivity index (χ1) is 9.10. The first kappa shape index (κ1) is 14.2. The van der Waals surface area contributed by atoms with Crippen LogP contribution >= 0.6 is 11.8 Å². The molecule has 0 saturated heterocycles. The van der Waals surface area contributed by atoms with Crippen LogP contribution < -0.4 is 5.73 Å². The van der Waals surface area contributed by atoms with Gasteiger partial charge in [-0.05, 0) is 37.0 Å². The zero-order valence-corrected chi connectivity index (χ0v) is 11.8. The molecule has 2 rings (SSSR count). The minimum absolute atomic E-state index is 0.0362. The van der Waals surface area contributed by atoms with E-state index < -0.39 is 0 Å². The van der Waals surface area contributed by atoms with Gasteiger partial charge in [-0.25, -0.2) is 4.39 Å². The van der Waals surface area contributed by atoms with Crippen LogP contribution in [0.1, 0.15) is 38.2 Å². The van der Waals surface area contributed by atoms with Crippen molar-refractivity contribution in [1.82, 2.24) is 0 Å².